The molecule has 0 aromatic carbocycles. The number of rotatable bonds is 0. The fourth-order valence-corrected chi connectivity index (χ4v) is 1.53. The van der Waals surface area contributed by atoms with Crippen molar-refractivity contribution < 1.29 is 0 Å². The molecular formula is C10H10N4O2. The Morgan fingerprint density at radius 3 is 2.62 bits per heavy atom. The van der Waals surface area contributed by atoms with Crippen LogP contribution in [0.25, 0.3) is 11.2 Å². The Labute approximate surface area is 90.8 Å². The maximum atomic E-state index is 11.8. The molecule has 6 nitrogen and oxygen atoms in total. The van der Waals surface area contributed by atoms with E-state index in [0.717, 1.165) is 4.57 Å². The maximum Gasteiger partial charge on any atom is 0.344 e. The molecule has 2 aromatic heterocycles. The average molecular weight is 218 g/mol. The first-order valence-corrected chi connectivity index (χ1v) is 4.63. The van der Waals surface area contributed by atoms with Crippen LogP contribution in [0.15, 0.2) is 15.9 Å². The second kappa shape index (κ2) is 3.38. The summed E-state index contributed by atoms with van der Waals surface area (Å²) in [4.78, 5) is 27.6. The summed E-state index contributed by atoms with van der Waals surface area (Å²) in [6.45, 7) is 1.62. The first kappa shape index (κ1) is 10.2. The lowest BCUT2D eigenvalue weighted by atomic mass is 10.5. The largest absolute Gasteiger partial charge is 0.344 e. The molecule has 0 unspecified atom stereocenters. The van der Waals surface area contributed by atoms with Crippen LogP contribution in [-0.4, -0.2) is 18.7 Å². The molecule has 0 aliphatic carbocycles. The third-order valence-electron chi connectivity index (χ3n) is 2.34. The fourth-order valence-electron chi connectivity index (χ4n) is 1.53. The summed E-state index contributed by atoms with van der Waals surface area (Å²) >= 11 is 0. The molecule has 2 heterocycles. The molecule has 0 atom stereocenters. The lowest BCUT2D eigenvalue weighted by Gasteiger charge is -2.02. The highest BCUT2D eigenvalue weighted by molar-refractivity contribution is 5.70. The number of nitrogens with zero attached hydrogens (tertiary/aromatic N) is 4. The van der Waals surface area contributed by atoms with Gasteiger partial charge in [0.1, 0.15) is 0 Å². The van der Waals surface area contributed by atoms with Gasteiger partial charge in [-0.05, 0) is 6.92 Å². The van der Waals surface area contributed by atoms with Crippen LogP contribution in [0, 0.1) is 12.0 Å². The molecule has 0 spiro atoms. The summed E-state index contributed by atoms with van der Waals surface area (Å²) in [7, 11) is 3.12. The molecule has 6 heteroatoms. The third kappa shape index (κ3) is 1.18. The summed E-state index contributed by atoms with van der Waals surface area (Å²) in [5, 5.41) is 0. The minimum Gasteiger partial charge on any atom is -0.328 e. The zero-order chi connectivity index (χ0) is 11.9. The molecule has 16 heavy (non-hydrogen) atoms. The highest BCUT2D eigenvalue weighted by atomic mass is 16.2. The summed E-state index contributed by atoms with van der Waals surface area (Å²) in [6.07, 6.45) is 1.49. The van der Waals surface area contributed by atoms with Gasteiger partial charge in [-0.3, -0.25) is 9.36 Å². The van der Waals surface area contributed by atoms with Crippen molar-refractivity contribution in [2.45, 2.75) is 6.92 Å². The fraction of sp³-hybridized carbons (Fsp3) is 0.300. The molecule has 0 saturated heterocycles. The summed E-state index contributed by atoms with van der Waals surface area (Å²) in [5.74, 6) is 2.62. The predicted octanol–water partition coefficient (Wildman–Crippen LogP) is -0.737. The summed E-state index contributed by atoms with van der Waals surface area (Å²) in [6, 6.07) is 2.62. The Morgan fingerprint density at radius 1 is 1.31 bits per heavy atom. The quantitative estimate of drug-likeness (QED) is 0.547. The molecule has 0 amide bonds. The van der Waals surface area contributed by atoms with Gasteiger partial charge in [0, 0.05) is 20.1 Å². The molecule has 0 aliphatic rings. The summed E-state index contributed by atoms with van der Waals surface area (Å²) in [5.41, 5.74) is -0.186. The van der Waals surface area contributed by atoms with Crippen molar-refractivity contribution in [2.24, 2.45) is 14.1 Å². The Kier molecular flexibility index (Phi) is 2.16. The SMILES string of the molecule is CC#Cn1c(=O)n(C)c(=O)c2c1ncn2C. The summed E-state index contributed by atoms with van der Waals surface area (Å²) < 4.78 is 3.77. The maximum absolute atomic E-state index is 11.8. The second-order valence-corrected chi connectivity index (χ2v) is 3.37. The van der Waals surface area contributed by atoms with E-state index in [1.807, 2.05) is 0 Å². The van der Waals surface area contributed by atoms with Gasteiger partial charge in [0.15, 0.2) is 11.2 Å². The van der Waals surface area contributed by atoms with Gasteiger partial charge in [-0.25, -0.2) is 9.78 Å². The number of hydrogen-bond donors (Lipinski definition) is 0. The predicted molar refractivity (Wildman–Crippen MR) is 59.1 cm³/mol. The first-order chi connectivity index (χ1) is 7.57. The van der Waals surface area contributed by atoms with Crippen molar-refractivity contribution in [3.05, 3.63) is 27.2 Å². The highest BCUT2D eigenvalue weighted by Crippen LogP contribution is 2.02. The van der Waals surface area contributed by atoms with Crippen molar-refractivity contribution in [2.75, 3.05) is 0 Å². The van der Waals surface area contributed by atoms with E-state index in [9.17, 15) is 9.59 Å². The monoisotopic (exact) mass is 218 g/mol. The zero-order valence-electron chi connectivity index (χ0n) is 9.18. The molecule has 0 N–H and O–H groups in total. The Hall–Kier alpha value is -2.29. The van der Waals surface area contributed by atoms with Gasteiger partial charge in [0.2, 0.25) is 0 Å². The number of imidazole rings is 1. The third-order valence-corrected chi connectivity index (χ3v) is 2.34. The van der Waals surface area contributed by atoms with Gasteiger partial charge in [-0.2, -0.15) is 4.57 Å². The highest BCUT2D eigenvalue weighted by Gasteiger charge is 2.13. The van der Waals surface area contributed by atoms with E-state index in [4.69, 9.17) is 0 Å². The normalized spacial score (nSPS) is 10.2. The van der Waals surface area contributed by atoms with Crippen LogP contribution in [0.3, 0.4) is 0 Å². The Morgan fingerprint density at radius 2 is 2.00 bits per heavy atom. The molecule has 0 radical (unpaired) electrons. The van der Waals surface area contributed by atoms with Crippen LogP contribution in [-0.2, 0) is 14.1 Å². The standard InChI is InChI=1S/C10H10N4O2/c1-4-5-14-8-7(12(2)6-11-8)9(15)13(3)10(14)16/h6H,1-3H3. The van der Waals surface area contributed by atoms with Crippen LogP contribution in [0.5, 0.6) is 0 Å². The van der Waals surface area contributed by atoms with Gasteiger partial charge in [0.05, 0.1) is 6.33 Å². The molecule has 2 aromatic rings. The van der Waals surface area contributed by atoms with E-state index < -0.39 is 5.69 Å². The molecule has 0 bridgehead atoms. The molecular weight excluding hydrogens is 208 g/mol. The van der Waals surface area contributed by atoms with Crippen LogP contribution in [0.1, 0.15) is 6.92 Å². The average Bonchev–Trinajstić information content (AvgIpc) is 2.64. The number of hydrogen-bond acceptors (Lipinski definition) is 3. The topological polar surface area (TPSA) is 61.8 Å². The van der Waals surface area contributed by atoms with Crippen LogP contribution in [0.2, 0.25) is 0 Å². The van der Waals surface area contributed by atoms with E-state index in [0.29, 0.717) is 11.2 Å². The van der Waals surface area contributed by atoms with Crippen molar-refractivity contribution in [3.63, 3.8) is 0 Å². The van der Waals surface area contributed by atoms with Crippen LogP contribution < -0.4 is 11.2 Å². The second-order valence-electron chi connectivity index (χ2n) is 3.37. The van der Waals surface area contributed by atoms with Crippen molar-refractivity contribution in [1.82, 2.24) is 18.7 Å². The van der Waals surface area contributed by atoms with Crippen molar-refractivity contribution in [1.29, 1.82) is 0 Å². The Bertz CT molecular complexity index is 736. The number of fused-ring (bicyclic) bond motifs is 1. The zero-order valence-corrected chi connectivity index (χ0v) is 9.18. The number of aromatic nitrogens is 4. The lowest BCUT2D eigenvalue weighted by Crippen LogP contribution is -2.37. The van der Waals surface area contributed by atoms with E-state index in [2.05, 4.69) is 16.9 Å². The molecule has 0 saturated carbocycles. The van der Waals surface area contributed by atoms with E-state index in [1.54, 1.807) is 18.5 Å². The smallest absolute Gasteiger partial charge is 0.328 e. The van der Waals surface area contributed by atoms with E-state index in [1.165, 1.54) is 17.9 Å². The van der Waals surface area contributed by atoms with Gasteiger partial charge in [-0.15, -0.1) is 0 Å². The minimum absolute atomic E-state index is 0.296. The molecule has 82 valence electrons. The van der Waals surface area contributed by atoms with E-state index >= 15 is 0 Å². The van der Waals surface area contributed by atoms with Gasteiger partial charge < -0.3 is 4.57 Å². The molecule has 2 rings (SSSR count). The minimum atomic E-state index is -0.481. The van der Waals surface area contributed by atoms with Gasteiger partial charge in [0.25, 0.3) is 5.56 Å². The van der Waals surface area contributed by atoms with E-state index in [-0.39, 0.29) is 5.56 Å². The van der Waals surface area contributed by atoms with Gasteiger partial charge in [-0.1, -0.05) is 5.92 Å². The van der Waals surface area contributed by atoms with Crippen LogP contribution in [0.4, 0.5) is 0 Å². The number of aryl methyl sites for hydroxylation is 1. The van der Waals surface area contributed by atoms with Crippen LogP contribution >= 0.6 is 0 Å². The lowest BCUT2D eigenvalue weighted by molar-refractivity contribution is 0.751. The van der Waals surface area contributed by atoms with Crippen molar-refractivity contribution >= 4 is 11.2 Å². The molecule has 0 aliphatic heterocycles. The van der Waals surface area contributed by atoms with Crippen molar-refractivity contribution in [3.8, 4) is 12.0 Å². The first-order valence-electron chi connectivity index (χ1n) is 4.63. The van der Waals surface area contributed by atoms with Gasteiger partial charge >= 0.3 is 5.69 Å². The Balaban J connectivity index is 3.16. The molecule has 0 fully saturated rings.